The zero-order valence-corrected chi connectivity index (χ0v) is 31.4. The lowest BCUT2D eigenvalue weighted by atomic mass is 9.91. The van der Waals surface area contributed by atoms with Crippen molar-refractivity contribution in [1.29, 1.82) is 0 Å². The number of benzene rings is 1. The maximum atomic E-state index is 14.3. The SMILES string of the molecule is COc1ccc2c(O[C@@H]3C[C@H]4C(=O)N[C@]5(C(=O)NS(=O)(=O)C6(C)CC6)C[C@H]5/C=C\CC[C@@H](C)C[C@@H](C)CC(=O)N4C3)nc(N3CCOCC3)cc2c1. The van der Waals surface area contributed by atoms with Crippen LogP contribution in [0, 0.1) is 17.8 Å². The van der Waals surface area contributed by atoms with Crippen molar-refractivity contribution in [3.63, 3.8) is 0 Å². The van der Waals surface area contributed by atoms with Gasteiger partial charge in [-0.05, 0) is 86.9 Å². The van der Waals surface area contributed by atoms with E-state index < -0.39 is 44.3 Å². The first-order valence-corrected chi connectivity index (χ1v) is 20.1. The molecule has 14 heteroatoms. The summed E-state index contributed by atoms with van der Waals surface area (Å²) in [6, 6.07) is 6.75. The third-order valence-corrected chi connectivity index (χ3v) is 13.8. The molecule has 1 aromatic carbocycles. The average Bonchev–Trinajstić information content (AvgIpc) is 3.99. The minimum Gasteiger partial charge on any atom is -0.497 e. The van der Waals surface area contributed by atoms with Crippen LogP contribution >= 0.6 is 0 Å². The van der Waals surface area contributed by atoms with Gasteiger partial charge in [-0.25, -0.2) is 8.42 Å². The molecule has 0 bridgehead atoms. The summed E-state index contributed by atoms with van der Waals surface area (Å²) < 4.78 is 45.3. The molecule has 52 heavy (non-hydrogen) atoms. The summed E-state index contributed by atoms with van der Waals surface area (Å²) in [5.41, 5.74) is -1.43. The number of anilines is 1. The van der Waals surface area contributed by atoms with Gasteiger partial charge in [0.25, 0.3) is 5.91 Å². The summed E-state index contributed by atoms with van der Waals surface area (Å²) in [5.74, 6) is 0.545. The second kappa shape index (κ2) is 14.1. The number of sulfonamides is 1. The fourth-order valence-electron chi connectivity index (χ4n) is 7.94. The number of nitrogens with zero attached hydrogens (tertiary/aromatic N) is 3. The van der Waals surface area contributed by atoms with Gasteiger partial charge in [0.2, 0.25) is 27.7 Å². The van der Waals surface area contributed by atoms with Gasteiger partial charge in [-0.2, -0.15) is 4.98 Å². The first-order chi connectivity index (χ1) is 24.8. The lowest BCUT2D eigenvalue weighted by Gasteiger charge is -2.28. The highest BCUT2D eigenvalue weighted by Gasteiger charge is 2.63. The Bertz CT molecular complexity index is 1860. The van der Waals surface area contributed by atoms with Gasteiger partial charge in [-0.15, -0.1) is 0 Å². The number of hydrogen-bond acceptors (Lipinski definition) is 10. The molecule has 3 amide bonds. The zero-order chi connectivity index (χ0) is 36.8. The summed E-state index contributed by atoms with van der Waals surface area (Å²) in [5, 5.41) is 4.61. The number of ether oxygens (including phenoxy) is 3. The van der Waals surface area contributed by atoms with E-state index in [0.717, 1.165) is 35.9 Å². The van der Waals surface area contributed by atoms with E-state index in [2.05, 4.69) is 28.8 Å². The van der Waals surface area contributed by atoms with E-state index in [1.165, 1.54) is 0 Å². The second-order valence-electron chi connectivity index (χ2n) is 15.8. The first kappa shape index (κ1) is 36.4. The summed E-state index contributed by atoms with van der Waals surface area (Å²) in [7, 11) is -2.32. The van der Waals surface area contributed by atoms with Crippen molar-refractivity contribution in [2.75, 3.05) is 44.9 Å². The Labute approximate surface area is 305 Å². The Balaban J connectivity index is 1.18. The number of nitrogens with one attached hydrogen (secondary N) is 2. The molecule has 1 aromatic heterocycles. The van der Waals surface area contributed by atoms with Gasteiger partial charge in [0.15, 0.2) is 0 Å². The van der Waals surface area contributed by atoms with Crippen molar-refractivity contribution in [1.82, 2.24) is 19.9 Å². The summed E-state index contributed by atoms with van der Waals surface area (Å²) >= 11 is 0. The number of methoxy groups -OCH3 is 1. The fraction of sp³-hybridized carbons (Fsp3) is 0.632. The molecule has 13 nitrogen and oxygen atoms in total. The Morgan fingerprint density at radius 3 is 2.60 bits per heavy atom. The van der Waals surface area contributed by atoms with Crippen LogP contribution in [0.5, 0.6) is 11.6 Å². The largest absolute Gasteiger partial charge is 0.497 e. The normalized spacial score (nSPS) is 31.3. The van der Waals surface area contributed by atoms with Crippen LogP contribution in [0.4, 0.5) is 5.82 Å². The fourth-order valence-corrected chi connectivity index (χ4v) is 9.25. The number of rotatable bonds is 7. The molecule has 3 aliphatic heterocycles. The van der Waals surface area contributed by atoms with E-state index in [1.807, 2.05) is 36.4 Å². The zero-order valence-electron chi connectivity index (χ0n) is 30.6. The van der Waals surface area contributed by atoms with Crippen LogP contribution < -0.4 is 24.4 Å². The second-order valence-corrected chi connectivity index (χ2v) is 18.0. The van der Waals surface area contributed by atoms with Crippen molar-refractivity contribution in [2.45, 2.75) is 94.6 Å². The highest BCUT2D eigenvalue weighted by molar-refractivity contribution is 7.91. The number of aromatic nitrogens is 1. The van der Waals surface area contributed by atoms with Crippen molar-refractivity contribution in [3.05, 3.63) is 36.4 Å². The van der Waals surface area contributed by atoms with E-state index in [-0.39, 0.29) is 43.6 Å². The minimum absolute atomic E-state index is 0.102. The third-order valence-electron chi connectivity index (χ3n) is 11.6. The number of amides is 3. The van der Waals surface area contributed by atoms with Gasteiger partial charge in [0.1, 0.15) is 29.3 Å². The standard InChI is InChI=1S/C38H51N5O8S/c1-24-7-5-6-8-27-22-38(27,36(46)41-52(47,48)37(3)11-12-37)40-34(45)31-21-29(23-43(31)33(44)18-25(2)17-24)51-35-30-10-9-28(49-4)19-26(30)20-32(39-35)42-13-15-50-16-14-42/h6,8-10,19-20,24-25,27,29,31H,5,7,11-18,21-23H2,1-4H3,(H,40,45)(H,41,46)/b8-6-/t24-,25-,27-,29-,31+,38-/m1/s1. The molecule has 0 unspecified atom stereocenters. The predicted molar refractivity (Wildman–Crippen MR) is 195 cm³/mol. The van der Waals surface area contributed by atoms with Gasteiger partial charge in [-0.3, -0.25) is 19.1 Å². The molecule has 7 rings (SSSR count). The van der Waals surface area contributed by atoms with Crippen molar-refractivity contribution < 1.29 is 37.0 Å². The van der Waals surface area contributed by atoms with Crippen molar-refractivity contribution in [2.24, 2.45) is 17.8 Å². The quantitative estimate of drug-likeness (QED) is 0.402. The van der Waals surface area contributed by atoms with Crippen LogP contribution in [0.25, 0.3) is 10.8 Å². The Morgan fingerprint density at radius 2 is 1.87 bits per heavy atom. The molecule has 0 radical (unpaired) electrons. The lowest BCUT2D eigenvalue weighted by molar-refractivity contribution is -0.140. The molecule has 2 aliphatic carbocycles. The molecular weight excluding hydrogens is 687 g/mol. The highest BCUT2D eigenvalue weighted by atomic mass is 32.2. The number of fused-ring (bicyclic) bond motifs is 3. The molecule has 0 spiro atoms. The molecule has 4 fully saturated rings. The van der Waals surface area contributed by atoms with Crippen LogP contribution in [-0.4, -0.2) is 98.4 Å². The average molecular weight is 738 g/mol. The molecule has 4 heterocycles. The maximum Gasteiger partial charge on any atom is 0.259 e. The molecular formula is C38H51N5O8S. The van der Waals surface area contributed by atoms with Crippen LogP contribution in [0.1, 0.15) is 72.1 Å². The molecule has 2 saturated heterocycles. The third kappa shape index (κ3) is 7.33. The summed E-state index contributed by atoms with van der Waals surface area (Å²) in [6.45, 7) is 8.56. The summed E-state index contributed by atoms with van der Waals surface area (Å²) in [6.07, 6.45) is 7.63. The molecule has 6 atom stereocenters. The molecule has 2 aromatic rings. The number of pyridine rings is 1. The smallest absolute Gasteiger partial charge is 0.259 e. The number of allylic oxidation sites excluding steroid dienone is 1. The van der Waals surface area contributed by atoms with Gasteiger partial charge in [-0.1, -0.05) is 26.0 Å². The van der Waals surface area contributed by atoms with Crippen LogP contribution in [0.3, 0.4) is 0 Å². The van der Waals surface area contributed by atoms with Crippen LogP contribution in [0.2, 0.25) is 0 Å². The number of carbonyl (C=O) groups excluding carboxylic acids is 3. The Kier molecular flexibility index (Phi) is 9.92. The van der Waals surface area contributed by atoms with Crippen LogP contribution in [-0.2, 0) is 29.1 Å². The number of carbonyl (C=O) groups is 3. The van der Waals surface area contributed by atoms with Gasteiger partial charge < -0.3 is 29.3 Å². The first-order valence-electron chi connectivity index (χ1n) is 18.6. The number of hydrogen-bond donors (Lipinski definition) is 2. The number of morpholine rings is 1. The molecule has 2 saturated carbocycles. The lowest BCUT2D eigenvalue weighted by Crippen LogP contribution is -2.57. The predicted octanol–water partition coefficient (Wildman–Crippen LogP) is 3.70. The van der Waals surface area contributed by atoms with E-state index in [0.29, 0.717) is 56.7 Å². The van der Waals surface area contributed by atoms with Gasteiger partial charge in [0, 0.05) is 37.2 Å². The van der Waals surface area contributed by atoms with E-state index in [9.17, 15) is 22.8 Å². The monoisotopic (exact) mass is 737 g/mol. The molecule has 5 aliphatic rings. The highest BCUT2D eigenvalue weighted by Crippen LogP contribution is 2.47. The molecule has 282 valence electrons. The Morgan fingerprint density at radius 1 is 1.10 bits per heavy atom. The van der Waals surface area contributed by atoms with E-state index in [4.69, 9.17) is 19.2 Å². The summed E-state index contributed by atoms with van der Waals surface area (Å²) in [4.78, 5) is 50.8. The Hall–Kier alpha value is -3.91. The van der Waals surface area contributed by atoms with Crippen molar-refractivity contribution in [3.8, 4) is 11.6 Å². The maximum absolute atomic E-state index is 14.3. The van der Waals surface area contributed by atoms with Gasteiger partial charge >= 0.3 is 0 Å². The van der Waals surface area contributed by atoms with E-state index >= 15 is 0 Å². The van der Waals surface area contributed by atoms with E-state index in [1.54, 1.807) is 18.9 Å². The van der Waals surface area contributed by atoms with Crippen molar-refractivity contribution >= 4 is 44.3 Å². The topological polar surface area (TPSA) is 156 Å². The van der Waals surface area contributed by atoms with Crippen LogP contribution in [0.15, 0.2) is 36.4 Å². The molecule has 2 N–H and O–H groups in total. The minimum atomic E-state index is -3.93. The van der Waals surface area contributed by atoms with Gasteiger partial charge in [0.05, 0.1) is 31.6 Å².